The summed E-state index contributed by atoms with van der Waals surface area (Å²) in [6, 6.07) is 12.8. The smallest absolute Gasteiger partial charge is 0.238 e. The minimum absolute atomic E-state index is 0.0521. The normalized spacial score (nSPS) is 19.9. The van der Waals surface area contributed by atoms with E-state index in [0.29, 0.717) is 17.0 Å². The number of ketones is 1. The molecule has 2 aromatic carbocycles. The number of nitrogens with zero attached hydrogens (tertiary/aromatic N) is 1. The molecular formula is C19H20N2O5S. The van der Waals surface area contributed by atoms with Crippen molar-refractivity contribution in [3.8, 4) is 5.75 Å². The zero-order chi connectivity index (χ0) is 19.6. The first-order valence-corrected chi connectivity index (χ1v) is 9.93. The Kier molecular flexibility index (Phi) is 5.41. The molecule has 7 nitrogen and oxygen atoms in total. The zero-order valence-electron chi connectivity index (χ0n) is 14.9. The van der Waals surface area contributed by atoms with Crippen LogP contribution in [0.3, 0.4) is 0 Å². The molecule has 0 aliphatic carbocycles. The minimum atomic E-state index is -3.84. The van der Waals surface area contributed by atoms with Gasteiger partial charge in [0, 0.05) is 6.21 Å². The van der Waals surface area contributed by atoms with Gasteiger partial charge in [0.15, 0.2) is 5.78 Å². The fourth-order valence-corrected chi connectivity index (χ4v) is 3.25. The Bertz CT molecular complexity index is 985. The van der Waals surface area contributed by atoms with Gasteiger partial charge < -0.3 is 9.47 Å². The lowest BCUT2D eigenvalue weighted by atomic mass is 9.94. The third kappa shape index (κ3) is 4.41. The van der Waals surface area contributed by atoms with Crippen molar-refractivity contribution in [3.05, 3.63) is 54.1 Å². The molecule has 1 aliphatic heterocycles. The number of hydrogen-bond acceptors (Lipinski definition) is 6. The number of carbonyl (C=O) groups is 1. The molecule has 2 N–H and O–H groups in total. The average Bonchev–Trinajstić information content (AvgIpc) is 2.60. The molecule has 3 rings (SSSR count). The maximum Gasteiger partial charge on any atom is 0.238 e. The molecule has 0 amide bonds. The summed E-state index contributed by atoms with van der Waals surface area (Å²) in [5.74, 6) is -0.469. The van der Waals surface area contributed by atoms with Crippen LogP contribution in [0.4, 0.5) is 5.69 Å². The van der Waals surface area contributed by atoms with Crippen molar-refractivity contribution in [1.82, 2.24) is 0 Å². The highest BCUT2D eigenvalue weighted by Gasteiger charge is 2.37. The number of para-hydroxylation sites is 1. The fraction of sp³-hybridized carbons (Fsp3) is 0.263. The number of hydrogen-bond donors (Lipinski definition) is 1. The van der Waals surface area contributed by atoms with E-state index in [1.165, 1.54) is 24.4 Å². The Labute approximate surface area is 157 Å². The average molecular weight is 388 g/mol. The first-order valence-electron chi connectivity index (χ1n) is 8.38. The van der Waals surface area contributed by atoms with Crippen molar-refractivity contribution in [1.29, 1.82) is 0 Å². The second-order valence-electron chi connectivity index (χ2n) is 6.38. The molecule has 2 unspecified atom stereocenters. The Hall–Kier alpha value is -2.55. The summed E-state index contributed by atoms with van der Waals surface area (Å²) in [5, 5.41) is 5.14. The van der Waals surface area contributed by atoms with Crippen LogP contribution in [0.1, 0.15) is 24.2 Å². The molecule has 0 bridgehead atoms. The van der Waals surface area contributed by atoms with Crippen LogP contribution in [-0.4, -0.2) is 32.8 Å². The van der Waals surface area contributed by atoms with E-state index in [0.717, 1.165) is 0 Å². The molecule has 1 heterocycles. The number of benzene rings is 2. The fourth-order valence-electron chi connectivity index (χ4n) is 2.70. The number of primary sulfonamides is 1. The summed E-state index contributed by atoms with van der Waals surface area (Å²) >= 11 is 0. The number of ether oxygens (including phenoxy) is 2. The molecule has 27 heavy (non-hydrogen) atoms. The van der Waals surface area contributed by atoms with Gasteiger partial charge in [0.1, 0.15) is 11.7 Å². The minimum Gasteiger partial charge on any atom is -0.463 e. The molecule has 8 heteroatoms. The largest absolute Gasteiger partial charge is 0.463 e. The highest BCUT2D eigenvalue weighted by Crippen LogP contribution is 2.31. The molecule has 1 aliphatic rings. The van der Waals surface area contributed by atoms with Crippen molar-refractivity contribution in [2.45, 2.75) is 31.1 Å². The molecule has 0 radical (unpaired) electrons. The van der Waals surface area contributed by atoms with Crippen molar-refractivity contribution in [3.63, 3.8) is 0 Å². The molecule has 0 saturated heterocycles. The van der Waals surface area contributed by atoms with E-state index in [-0.39, 0.29) is 16.8 Å². The van der Waals surface area contributed by atoms with Crippen LogP contribution in [-0.2, 0) is 14.8 Å². The molecule has 0 saturated carbocycles. The lowest BCUT2D eigenvalue weighted by molar-refractivity contribution is -0.121. The lowest BCUT2D eigenvalue weighted by Crippen LogP contribution is -2.41. The monoisotopic (exact) mass is 388 g/mol. The number of fused-ring (bicyclic) bond motifs is 1. The molecule has 2 atom stereocenters. The Morgan fingerprint density at radius 2 is 1.93 bits per heavy atom. The summed E-state index contributed by atoms with van der Waals surface area (Å²) in [7, 11) is -3.84. The second kappa shape index (κ2) is 7.59. The molecular weight excluding hydrogens is 368 g/mol. The number of sulfonamides is 1. The maximum atomic E-state index is 12.9. The number of Topliss-reactive ketones (excluding diaryl/α,β-unsaturated/α-hetero) is 1. The lowest BCUT2D eigenvalue weighted by Gasteiger charge is -2.31. The van der Waals surface area contributed by atoms with Crippen LogP contribution in [0.15, 0.2) is 58.4 Å². The van der Waals surface area contributed by atoms with Crippen LogP contribution in [0.25, 0.3) is 0 Å². The van der Waals surface area contributed by atoms with E-state index in [2.05, 4.69) is 4.99 Å². The van der Waals surface area contributed by atoms with Gasteiger partial charge in [-0.25, -0.2) is 13.6 Å². The first-order chi connectivity index (χ1) is 12.8. The van der Waals surface area contributed by atoms with E-state index in [4.69, 9.17) is 14.6 Å². The summed E-state index contributed by atoms with van der Waals surface area (Å²) in [5.41, 5.74) is 0.812. The predicted octanol–water partition coefficient (Wildman–Crippen LogP) is 2.68. The quantitative estimate of drug-likeness (QED) is 0.792. The molecule has 2 aromatic rings. The summed E-state index contributed by atoms with van der Waals surface area (Å²) in [6.45, 7) is 3.69. The van der Waals surface area contributed by atoms with Gasteiger partial charge >= 0.3 is 0 Å². The standard InChI is InChI=1S/C19H20N2O5S/c1-12(2)25-19-16(18(22)15-8-3-4-9-17(15)26-19)11-21-13-6-5-7-14(10-13)27(20,23)24/h3-12,16,19H,1-2H3,(H2,20,23,24). The number of nitrogens with two attached hydrogens (primary N) is 1. The van der Waals surface area contributed by atoms with E-state index < -0.39 is 22.2 Å². The van der Waals surface area contributed by atoms with Crippen molar-refractivity contribution in [2.75, 3.05) is 0 Å². The van der Waals surface area contributed by atoms with Crippen LogP contribution in [0, 0.1) is 5.92 Å². The van der Waals surface area contributed by atoms with Gasteiger partial charge in [-0.15, -0.1) is 0 Å². The summed E-state index contributed by atoms with van der Waals surface area (Å²) in [4.78, 5) is 17.1. The molecule has 0 aromatic heterocycles. The Balaban J connectivity index is 1.93. The number of carbonyl (C=O) groups excluding carboxylic acids is 1. The topological polar surface area (TPSA) is 108 Å². The van der Waals surface area contributed by atoms with Crippen molar-refractivity contribution < 1.29 is 22.7 Å². The van der Waals surface area contributed by atoms with Gasteiger partial charge in [0.2, 0.25) is 16.3 Å². The SMILES string of the molecule is CC(C)OC1Oc2ccccc2C(=O)C1C=Nc1cccc(S(N)(=O)=O)c1. The van der Waals surface area contributed by atoms with Gasteiger partial charge in [-0.2, -0.15) is 0 Å². The van der Waals surface area contributed by atoms with E-state index >= 15 is 0 Å². The number of rotatable bonds is 5. The highest BCUT2D eigenvalue weighted by atomic mass is 32.2. The van der Waals surface area contributed by atoms with Crippen LogP contribution in [0.5, 0.6) is 5.75 Å². The summed E-state index contributed by atoms with van der Waals surface area (Å²) < 4.78 is 34.6. The summed E-state index contributed by atoms with van der Waals surface area (Å²) in [6.07, 6.45) is 0.445. The number of aliphatic imine (C=N–C) groups is 1. The van der Waals surface area contributed by atoms with Gasteiger partial charge in [0.05, 0.1) is 22.3 Å². The van der Waals surface area contributed by atoms with Crippen LogP contribution >= 0.6 is 0 Å². The van der Waals surface area contributed by atoms with Gasteiger partial charge in [0.25, 0.3) is 0 Å². The predicted molar refractivity (Wildman–Crippen MR) is 101 cm³/mol. The van der Waals surface area contributed by atoms with Crippen LogP contribution in [0.2, 0.25) is 0 Å². The van der Waals surface area contributed by atoms with Gasteiger partial charge in [-0.05, 0) is 44.2 Å². The molecule has 142 valence electrons. The third-order valence-corrected chi connectivity index (χ3v) is 4.84. The van der Waals surface area contributed by atoms with Gasteiger partial charge in [-0.1, -0.05) is 18.2 Å². The Morgan fingerprint density at radius 3 is 2.63 bits per heavy atom. The highest BCUT2D eigenvalue weighted by molar-refractivity contribution is 7.89. The Morgan fingerprint density at radius 1 is 1.19 bits per heavy atom. The van der Waals surface area contributed by atoms with E-state index in [1.807, 2.05) is 13.8 Å². The first kappa shape index (κ1) is 19.2. The van der Waals surface area contributed by atoms with E-state index in [1.54, 1.807) is 30.3 Å². The third-order valence-electron chi connectivity index (χ3n) is 3.93. The van der Waals surface area contributed by atoms with Gasteiger partial charge in [-0.3, -0.25) is 9.79 Å². The van der Waals surface area contributed by atoms with E-state index in [9.17, 15) is 13.2 Å². The molecule has 0 spiro atoms. The molecule has 0 fully saturated rings. The zero-order valence-corrected chi connectivity index (χ0v) is 15.7. The second-order valence-corrected chi connectivity index (χ2v) is 7.94. The van der Waals surface area contributed by atoms with Crippen molar-refractivity contribution >= 4 is 27.7 Å². The van der Waals surface area contributed by atoms with Crippen LogP contribution < -0.4 is 9.88 Å². The maximum absolute atomic E-state index is 12.9. The van der Waals surface area contributed by atoms with Crippen molar-refractivity contribution in [2.24, 2.45) is 16.0 Å².